The number of halogens is 1. The third-order valence-corrected chi connectivity index (χ3v) is 5.84. The molecule has 0 atom stereocenters. The Morgan fingerprint density at radius 3 is 2.43 bits per heavy atom. The maximum absolute atomic E-state index is 6.90. The van der Waals surface area contributed by atoms with Crippen molar-refractivity contribution in [3.63, 3.8) is 0 Å². The van der Waals surface area contributed by atoms with Crippen LogP contribution in [-0.4, -0.2) is 7.11 Å². The van der Waals surface area contributed by atoms with Crippen LogP contribution in [0, 0.1) is 0 Å². The van der Waals surface area contributed by atoms with Crippen LogP contribution in [-0.2, 0) is 18.4 Å². The van der Waals surface area contributed by atoms with Crippen LogP contribution in [0.25, 0.3) is 0 Å². The summed E-state index contributed by atoms with van der Waals surface area (Å²) in [5, 5.41) is 0. The van der Waals surface area contributed by atoms with Crippen molar-refractivity contribution in [2.45, 2.75) is 69.7 Å². The van der Waals surface area contributed by atoms with Gasteiger partial charge in [0.1, 0.15) is 5.75 Å². The van der Waals surface area contributed by atoms with Crippen molar-refractivity contribution in [3.8, 4) is 5.75 Å². The SMILES string of the molecule is COc1c(Br)cc2c(c1C1(N)CCCCC1)CCCCC2. The summed E-state index contributed by atoms with van der Waals surface area (Å²) in [7, 11) is 1.78. The molecule has 3 heteroatoms. The summed E-state index contributed by atoms with van der Waals surface area (Å²) in [6.45, 7) is 0. The molecule has 1 fully saturated rings. The quantitative estimate of drug-likeness (QED) is 0.773. The number of ether oxygens (including phenoxy) is 1. The molecule has 0 bridgehead atoms. The smallest absolute Gasteiger partial charge is 0.138 e. The van der Waals surface area contributed by atoms with Crippen LogP contribution in [0.1, 0.15) is 68.1 Å². The summed E-state index contributed by atoms with van der Waals surface area (Å²) in [4.78, 5) is 0. The number of fused-ring (bicyclic) bond motifs is 1. The molecular formula is C18H26BrNO. The van der Waals surface area contributed by atoms with Crippen LogP contribution in [0.5, 0.6) is 5.75 Å². The van der Waals surface area contributed by atoms with Gasteiger partial charge in [0, 0.05) is 11.1 Å². The van der Waals surface area contributed by atoms with Crippen molar-refractivity contribution in [1.29, 1.82) is 0 Å². The van der Waals surface area contributed by atoms with Gasteiger partial charge in [-0.25, -0.2) is 0 Å². The van der Waals surface area contributed by atoms with Crippen LogP contribution in [0.2, 0.25) is 0 Å². The van der Waals surface area contributed by atoms with E-state index in [2.05, 4.69) is 22.0 Å². The molecule has 0 radical (unpaired) electrons. The first-order valence-electron chi connectivity index (χ1n) is 8.33. The Balaban J connectivity index is 2.17. The predicted octanol–water partition coefficient (Wildman–Crippen LogP) is 4.84. The lowest BCUT2D eigenvalue weighted by Crippen LogP contribution is -2.40. The average molecular weight is 352 g/mol. The largest absolute Gasteiger partial charge is 0.495 e. The molecule has 0 unspecified atom stereocenters. The molecule has 1 saturated carbocycles. The van der Waals surface area contributed by atoms with Gasteiger partial charge in [-0.2, -0.15) is 0 Å². The van der Waals surface area contributed by atoms with Gasteiger partial charge in [-0.05, 0) is 71.6 Å². The van der Waals surface area contributed by atoms with Gasteiger partial charge in [-0.15, -0.1) is 0 Å². The van der Waals surface area contributed by atoms with Crippen molar-refractivity contribution >= 4 is 15.9 Å². The van der Waals surface area contributed by atoms with Gasteiger partial charge in [0.05, 0.1) is 11.6 Å². The minimum absolute atomic E-state index is 0.193. The van der Waals surface area contributed by atoms with E-state index < -0.39 is 0 Å². The first-order valence-corrected chi connectivity index (χ1v) is 9.12. The van der Waals surface area contributed by atoms with Crippen LogP contribution in [0.15, 0.2) is 10.5 Å². The highest BCUT2D eigenvalue weighted by Crippen LogP contribution is 2.46. The summed E-state index contributed by atoms with van der Waals surface area (Å²) in [6, 6.07) is 2.27. The fourth-order valence-corrected chi connectivity index (χ4v) is 4.82. The van der Waals surface area contributed by atoms with Crippen molar-refractivity contribution in [3.05, 3.63) is 27.2 Å². The first kappa shape index (κ1) is 15.4. The van der Waals surface area contributed by atoms with E-state index in [0.29, 0.717) is 0 Å². The zero-order valence-electron chi connectivity index (χ0n) is 13.0. The molecule has 2 aliphatic carbocycles. The molecule has 2 aliphatic rings. The van der Waals surface area contributed by atoms with E-state index >= 15 is 0 Å². The van der Waals surface area contributed by atoms with E-state index in [1.54, 1.807) is 7.11 Å². The highest BCUT2D eigenvalue weighted by Gasteiger charge is 2.36. The molecule has 0 amide bonds. The van der Waals surface area contributed by atoms with E-state index in [-0.39, 0.29) is 5.54 Å². The Hall–Kier alpha value is -0.540. The second-order valence-electron chi connectivity index (χ2n) is 6.68. The summed E-state index contributed by atoms with van der Waals surface area (Å²) >= 11 is 3.72. The van der Waals surface area contributed by atoms with Gasteiger partial charge in [-0.3, -0.25) is 0 Å². The first-order chi connectivity index (χ1) is 10.2. The van der Waals surface area contributed by atoms with Gasteiger partial charge >= 0.3 is 0 Å². The second kappa shape index (κ2) is 6.29. The molecule has 0 heterocycles. The van der Waals surface area contributed by atoms with Gasteiger partial charge in [0.15, 0.2) is 0 Å². The fraction of sp³-hybridized carbons (Fsp3) is 0.667. The van der Waals surface area contributed by atoms with Crippen LogP contribution in [0.3, 0.4) is 0 Å². The summed E-state index contributed by atoms with van der Waals surface area (Å²) in [5.41, 5.74) is 11.0. The van der Waals surface area contributed by atoms with Gasteiger partial charge in [0.2, 0.25) is 0 Å². The maximum atomic E-state index is 6.90. The molecule has 3 rings (SSSR count). The normalized spacial score (nSPS) is 21.5. The lowest BCUT2D eigenvalue weighted by Gasteiger charge is -2.37. The molecule has 1 aromatic carbocycles. The summed E-state index contributed by atoms with van der Waals surface area (Å²) < 4.78 is 6.85. The Morgan fingerprint density at radius 2 is 1.71 bits per heavy atom. The van der Waals surface area contributed by atoms with Crippen molar-refractivity contribution in [2.24, 2.45) is 5.73 Å². The monoisotopic (exact) mass is 351 g/mol. The van der Waals surface area contributed by atoms with E-state index in [1.165, 1.54) is 61.6 Å². The number of aryl methyl sites for hydroxylation is 1. The van der Waals surface area contributed by atoms with E-state index in [9.17, 15) is 0 Å². The Bertz CT molecular complexity index is 520. The zero-order valence-corrected chi connectivity index (χ0v) is 14.6. The molecule has 0 aromatic heterocycles. The Morgan fingerprint density at radius 1 is 1.05 bits per heavy atom. The highest BCUT2D eigenvalue weighted by atomic mass is 79.9. The lowest BCUT2D eigenvalue weighted by atomic mass is 9.74. The van der Waals surface area contributed by atoms with E-state index in [1.807, 2.05) is 0 Å². The number of nitrogens with two attached hydrogens (primary N) is 1. The topological polar surface area (TPSA) is 35.2 Å². The number of benzene rings is 1. The highest BCUT2D eigenvalue weighted by molar-refractivity contribution is 9.10. The summed E-state index contributed by atoms with van der Waals surface area (Å²) in [6.07, 6.45) is 12.2. The molecular weight excluding hydrogens is 326 g/mol. The number of rotatable bonds is 2. The predicted molar refractivity (Wildman–Crippen MR) is 90.9 cm³/mol. The average Bonchev–Trinajstić information content (AvgIpc) is 2.71. The lowest BCUT2D eigenvalue weighted by molar-refractivity contribution is 0.286. The number of methoxy groups -OCH3 is 1. The van der Waals surface area contributed by atoms with Gasteiger partial charge < -0.3 is 10.5 Å². The van der Waals surface area contributed by atoms with E-state index in [0.717, 1.165) is 29.5 Å². The van der Waals surface area contributed by atoms with Gasteiger partial charge in [-0.1, -0.05) is 25.7 Å². The van der Waals surface area contributed by atoms with Crippen LogP contribution in [0.4, 0.5) is 0 Å². The fourth-order valence-electron chi connectivity index (χ4n) is 4.18. The van der Waals surface area contributed by atoms with Gasteiger partial charge in [0.25, 0.3) is 0 Å². The standard InChI is InChI=1S/C18H26BrNO/c1-21-17-15(19)12-13-8-4-2-5-9-14(13)16(17)18(20)10-6-3-7-11-18/h12H,2-11,20H2,1H3. The molecule has 2 nitrogen and oxygen atoms in total. The Kier molecular flexibility index (Phi) is 4.60. The molecule has 116 valence electrons. The van der Waals surface area contributed by atoms with Crippen LogP contribution < -0.4 is 10.5 Å². The second-order valence-corrected chi connectivity index (χ2v) is 7.54. The molecule has 2 N–H and O–H groups in total. The minimum Gasteiger partial charge on any atom is -0.495 e. The molecule has 0 spiro atoms. The minimum atomic E-state index is -0.193. The third-order valence-electron chi connectivity index (χ3n) is 5.26. The molecule has 0 saturated heterocycles. The molecule has 1 aromatic rings. The maximum Gasteiger partial charge on any atom is 0.138 e. The summed E-state index contributed by atoms with van der Waals surface area (Å²) in [5.74, 6) is 0.986. The zero-order chi connectivity index (χ0) is 14.9. The van der Waals surface area contributed by atoms with Crippen molar-refractivity contribution in [1.82, 2.24) is 0 Å². The van der Waals surface area contributed by atoms with Crippen molar-refractivity contribution in [2.75, 3.05) is 7.11 Å². The van der Waals surface area contributed by atoms with Crippen molar-refractivity contribution < 1.29 is 4.74 Å². The van der Waals surface area contributed by atoms with Crippen LogP contribution >= 0.6 is 15.9 Å². The van der Waals surface area contributed by atoms with E-state index in [4.69, 9.17) is 10.5 Å². The number of hydrogen-bond donors (Lipinski definition) is 1. The molecule has 21 heavy (non-hydrogen) atoms. The number of hydrogen-bond acceptors (Lipinski definition) is 2. The molecule has 0 aliphatic heterocycles. The third kappa shape index (κ3) is 2.87. The Labute approximate surface area is 136 Å².